The molecular weight excluding hydrogens is 421 g/mol. The molecule has 0 heterocycles. The number of hydrogen-bond acceptors (Lipinski definition) is 5. The SMILES string of the molecule is C[C@H](C(=O)Nc1cccc(N(C)S(C)(=O)=O)c1)N(c1ccccc1F)S(C)(=O)=O. The summed E-state index contributed by atoms with van der Waals surface area (Å²) < 4.78 is 63.8. The minimum absolute atomic E-state index is 0.247. The van der Waals surface area contributed by atoms with Gasteiger partial charge in [0.1, 0.15) is 11.9 Å². The van der Waals surface area contributed by atoms with Gasteiger partial charge in [-0.25, -0.2) is 21.2 Å². The zero-order valence-corrected chi connectivity index (χ0v) is 18.0. The van der Waals surface area contributed by atoms with E-state index in [9.17, 15) is 26.0 Å². The molecule has 0 aromatic heterocycles. The average Bonchev–Trinajstić information content (AvgIpc) is 2.61. The smallest absolute Gasteiger partial charge is 0.247 e. The van der Waals surface area contributed by atoms with Crippen molar-refractivity contribution in [1.82, 2.24) is 0 Å². The number of hydrogen-bond donors (Lipinski definition) is 1. The van der Waals surface area contributed by atoms with Crippen molar-refractivity contribution in [3.8, 4) is 0 Å². The van der Waals surface area contributed by atoms with Crippen LogP contribution in [0, 0.1) is 5.82 Å². The number of halogens is 1. The molecule has 1 atom stereocenters. The molecule has 8 nitrogen and oxygen atoms in total. The highest BCUT2D eigenvalue weighted by Gasteiger charge is 2.31. The van der Waals surface area contributed by atoms with Gasteiger partial charge in [0.2, 0.25) is 26.0 Å². The van der Waals surface area contributed by atoms with Gasteiger partial charge >= 0.3 is 0 Å². The predicted octanol–water partition coefficient (Wildman–Crippen LogP) is 2.01. The Morgan fingerprint density at radius 2 is 1.62 bits per heavy atom. The maximum atomic E-state index is 14.2. The van der Waals surface area contributed by atoms with Gasteiger partial charge in [0.15, 0.2) is 0 Å². The fourth-order valence-corrected chi connectivity index (χ4v) is 4.30. The van der Waals surface area contributed by atoms with Crippen LogP contribution in [0.15, 0.2) is 48.5 Å². The van der Waals surface area contributed by atoms with Gasteiger partial charge < -0.3 is 5.32 Å². The van der Waals surface area contributed by atoms with Crippen LogP contribution in [-0.4, -0.2) is 48.3 Å². The highest BCUT2D eigenvalue weighted by atomic mass is 32.2. The Kier molecular flexibility index (Phi) is 6.53. The van der Waals surface area contributed by atoms with E-state index in [1.807, 2.05) is 0 Å². The van der Waals surface area contributed by atoms with E-state index in [1.54, 1.807) is 12.1 Å². The Morgan fingerprint density at radius 1 is 1.00 bits per heavy atom. The summed E-state index contributed by atoms with van der Waals surface area (Å²) in [6, 6.07) is 10.0. The van der Waals surface area contributed by atoms with Crippen LogP contribution in [0.2, 0.25) is 0 Å². The summed E-state index contributed by atoms with van der Waals surface area (Å²) >= 11 is 0. The molecule has 29 heavy (non-hydrogen) atoms. The van der Waals surface area contributed by atoms with Crippen LogP contribution in [0.4, 0.5) is 21.5 Å². The van der Waals surface area contributed by atoms with E-state index < -0.39 is 37.8 Å². The maximum absolute atomic E-state index is 14.2. The zero-order chi connectivity index (χ0) is 22.0. The number of sulfonamides is 2. The van der Waals surface area contributed by atoms with Crippen molar-refractivity contribution in [2.45, 2.75) is 13.0 Å². The van der Waals surface area contributed by atoms with E-state index in [0.717, 1.165) is 22.9 Å². The molecule has 0 aliphatic carbocycles. The number of nitrogens with zero attached hydrogens (tertiary/aromatic N) is 2. The minimum atomic E-state index is -3.97. The highest BCUT2D eigenvalue weighted by molar-refractivity contribution is 7.92. The molecule has 158 valence electrons. The van der Waals surface area contributed by atoms with E-state index in [4.69, 9.17) is 0 Å². The number of rotatable bonds is 7. The molecule has 1 amide bonds. The molecule has 0 radical (unpaired) electrons. The van der Waals surface area contributed by atoms with Crippen molar-refractivity contribution in [2.24, 2.45) is 0 Å². The Balaban J connectivity index is 2.33. The lowest BCUT2D eigenvalue weighted by molar-refractivity contribution is -0.116. The fraction of sp³-hybridized carbons (Fsp3) is 0.278. The van der Waals surface area contributed by atoms with E-state index in [-0.39, 0.29) is 11.4 Å². The molecule has 0 aliphatic rings. The fourth-order valence-electron chi connectivity index (χ4n) is 2.63. The summed E-state index contributed by atoms with van der Waals surface area (Å²) in [6.07, 6.45) is 1.92. The summed E-state index contributed by atoms with van der Waals surface area (Å²) in [5.74, 6) is -1.49. The van der Waals surface area contributed by atoms with E-state index >= 15 is 0 Å². The van der Waals surface area contributed by atoms with Crippen molar-refractivity contribution < 1.29 is 26.0 Å². The summed E-state index contributed by atoms with van der Waals surface area (Å²) in [5, 5.41) is 2.54. The van der Waals surface area contributed by atoms with E-state index in [0.29, 0.717) is 9.99 Å². The van der Waals surface area contributed by atoms with Crippen LogP contribution in [0.5, 0.6) is 0 Å². The van der Waals surface area contributed by atoms with Crippen LogP contribution in [0.3, 0.4) is 0 Å². The number of nitrogens with one attached hydrogen (secondary N) is 1. The number of benzene rings is 2. The number of carbonyl (C=O) groups is 1. The molecule has 0 spiro atoms. The first-order valence-corrected chi connectivity index (χ1v) is 12.1. The highest BCUT2D eigenvalue weighted by Crippen LogP contribution is 2.25. The van der Waals surface area contributed by atoms with Crippen molar-refractivity contribution in [1.29, 1.82) is 0 Å². The first-order valence-electron chi connectivity index (χ1n) is 8.41. The first kappa shape index (κ1) is 22.6. The summed E-state index contributed by atoms with van der Waals surface area (Å²) in [4.78, 5) is 12.7. The van der Waals surface area contributed by atoms with E-state index in [2.05, 4.69) is 5.32 Å². The summed E-state index contributed by atoms with van der Waals surface area (Å²) in [6.45, 7) is 1.33. The number of para-hydroxylation sites is 1. The minimum Gasteiger partial charge on any atom is -0.324 e. The number of carbonyl (C=O) groups excluding carboxylic acids is 1. The third-order valence-electron chi connectivity index (χ3n) is 4.15. The quantitative estimate of drug-likeness (QED) is 0.705. The molecule has 0 unspecified atom stereocenters. The largest absolute Gasteiger partial charge is 0.324 e. The topological polar surface area (TPSA) is 104 Å². The standard InChI is InChI=1S/C18H22FN3O5S2/c1-13(22(29(4,26)27)17-11-6-5-10-16(17)19)18(23)20-14-8-7-9-15(12-14)21(2)28(3,24)25/h5-13H,1-4H3,(H,20,23)/t13-/m1/s1. The third kappa shape index (κ3) is 5.45. The van der Waals surface area contributed by atoms with E-state index in [1.165, 1.54) is 44.3 Å². The van der Waals surface area contributed by atoms with Crippen molar-refractivity contribution in [3.05, 3.63) is 54.3 Å². The summed E-state index contributed by atoms with van der Waals surface area (Å²) in [5.41, 5.74) is 0.326. The monoisotopic (exact) mass is 443 g/mol. The lowest BCUT2D eigenvalue weighted by Crippen LogP contribution is -2.45. The molecule has 2 aromatic carbocycles. The third-order valence-corrected chi connectivity index (χ3v) is 6.59. The molecule has 0 aliphatic heterocycles. The molecule has 0 fully saturated rings. The Labute approximate surface area is 170 Å². The number of amides is 1. The normalized spacial score (nSPS) is 12.9. The lowest BCUT2D eigenvalue weighted by atomic mass is 10.2. The average molecular weight is 444 g/mol. The van der Waals surface area contributed by atoms with Gasteiger partial charge in [-0.1, -0.05) is 18.2 Å². The summed E-state index contributed by atoms with van der Waals surface area (Å²) in [7, 11) is -6.11. The molecule has 2 aromatic rings. The first-order chi connectivity index (χ1) is 13.3. The lowest BCUT2D eigenvalue weighted by Gasteiger charge is -2.28. The molecule has 1 N–H and O–H groups in total. The Morgan fingerprint density at radius 3 is 2.17 bits per heavy atom. The van der Waals surface area contributed by atoms with Crippen LogP contribution in [-0.2, 0) is 24.8 Å². The van der Waals surface area contributed by atoms with Gasteiger partial charge in [0, 0.05) is 12.7 Å². The molecule has 11 heteroatoms. The Hall–Kier alpha value is -2.66. The van der Waals surface area contributed by atoms with Crippen molar-refractivity contribution >= 4 is 43.0 Å². The van der Waals surface area contributed by atoms with Crippen LogP contribution >= 0.6 is 0 Å². The molecular formula is C18H22FN3O5S2. The molecule has 2 rings (SSSR count). The zero-order valence-electron chi connectivity index (χ0n) is 16.3. The van der Waals surface area contributed by atoms with Crippen molar-refractivity contribution in [3.63, 3.8) is 0 Å². The maximum Gasteiger partial charge on any atom is 0.247 e. The van der Waals surface area contributed by atoms with Gasteiger partial charge in [0.25, 0.3) is 0 Å². The van der Waals surface area contributed by atoms with Gasteiger partial charge in [-0.3, -0.25) is 13.4 Å². The van der Waals surface area contributed by atoms with Gasteiger partial charge in [-0.2, -0.15) is 0 Å². The van der Waals surface area contributed by atoms with Gasteiger partial charge in [-0.15, -0.1) is 0 Å². The number of anilines is 3. The molecule has 0 bridgehead atoms. The van der Waals surface area contributed by atoms with Gasteiger partial charge in [0.05, 0.1) is 23.9 Å². The second-order valence-corrected chi connectivity index (χ2v) is 10.3. The predicted molar refractivity (Wildman–Crippen MR) is 112 cm³/mol. The van der Waals surface area contributed by atoms with Gasteiger partial charge in [-0.05, 0) is 37.3 Å². The van der Waals surface area contributed by atoms with Crippen LogP contribution in [0.25, 0.3) is 0 Å². The van der Waals surface area contributed by atoms with Crippen LogP contribution in [0.1, 0.15) is 6.92 Å². The molecule has 0 saturated carbocycles. The second-order valence-electron chi connectivity index (χ2n) is 6.46. The second kappa shape index (κ2) is 8.37. The van der Waals surface area contributed by atoms with Crippen molar-refractivity contribution in [2.75, 3.05) is 33.5 Å². The Bertz CT molecular complexity index is 1120. The molecule has 0 saturated heterocycles. The van der Waals surface area contributed by atoms with Crippen LogP contribution < -0.4 is 13.9 Å².